The second kappa shape index (κ2) is 4.61. The molecule has 0 aliphatic carbocycles. The van der Waals surface area contributed by atoms with Crippen molar-refractivity contribution in [3.8, 4) is 5.75 Å². The highest BCUT2D eigenvalue weighted by molar-refractivity contribution is 5.96. The third kappa shape index (κ3) is 2.47. The Morgan fingerprint density at radius 2 is 2.12 bits per heavy atom. The third-order valence-corrected chi connectivity index (χ3v) is 1.87. The molecule has 16 heavy (non-hydrogen) atoms. The molecule has 0 saturated carbocycles. The summed E-state index contributed by atoms with van der Waals surface area (Å²) in [5.74, 6) is -3.25. The molecular formula is C10H10FNO4. The summed E-state index contributed by atoms with van der Waals surface area (Å²) in [6.45, 7) is 1.26. The van der Waals surface area contributed by atoms with Crippen molar-refractivity contribution in [1.29, 1.82) is 0 Å². The standard InChI is InChI=1S/C10H10FNO4/c1-5(10(14)15)16-7-4-2-3-6(11)8(7)9(12)13/h2-5H,1H3,(H2,12,13)(H,14,15)/t5-/m0/s1. The number of ether oxygens (including phenoxy) is 1. The van der Waals surface area contributed by atoms with E-state index in [1.165, 1.54) is 19.1 Å². The molecule has 0 aliphatic rings. The van der Waals surface area contributed by atoms with Gasteiger partial charge in [-0.15, -0.1) is 0 Å². The molecule has 1 aromatic carbocycles. The first-order valence-corrected chi connectivity index (χ1v) is 4.41. The van der Waals surface area contributed by atoms with Crippen molar-refractivity contribution in [1.82, 2.24) is 0 Å². The molecule has 0 aromatic heterocycles. The van der Waals surface area contributed by atoms with Crippen LogP contribution in [-0.4, -0.2) is 23.1 Å². The van der Waals surface area contributed by atoms with Crippen molar-refractivity contribution >= 4 is 11.9 Å². The fourth-order valence-electron chi connectivity index (χ4n) is 1.08. The third-order valence-electron chi connectivity index (χ3n) is 1.87. The van der Waals surface area contributed by atoms with Crippen LogP contribution in [0.25, 0.3) is 0 Å². The Morgan fingerprint density at radius 3 is 2.62 bits per heavy atom. The predicted molar refractivity (Wildman–Crippen MR) is 52.6 cm³/mol. The van der Waals surface area contributed by atoms with Crippen LogP contribution in [0.2, 0.25) is 0 Å². The number of aliphatic carboxylic acids is 1. The summed E-state index contributed by atoms with van der Waals surface area (Å²) < 4.78 is 18.1. The van der Waals surface area contributed by atoms with E-state index in [1.54, 1.807) is 0 Å². The quantitative estimate of drug-likeness (QED) is 0.795. The highest BCUT2D eigenvalue weighted by Gasteiger charge is 2.19. The van der Waals surface area contributed by atoms with Gasteiger partial charge in [-0.25, -0.2) is 9.18 Å². The zero-order valence-electron chi connectivity index (χ0n) is 8.44. The largest absolute Gasteiger partial charge is 0.479 e. The van der Waals surface area contributed by atoms with Gasteiger partial charge in [0.15, 0.2) is 6.10 Å². The molecule has 0 aliphatic heterocycles. The van der Waals surface area contributed by atoms with Crippen LogP contribution in [0.15, 0.2) is 18.2 Å². The van der Waals surface area contributed by atoms with E-state index in [0.29, 0.717) is 0 Å². The summed E-state index contributed by atoms with van der Waals surface area (Å²) in [6.07, 6.45) is -1.19. The van der Waals surface area contributed by atoms with E-state index in [0.717, 1.165) is 6.07 Å². The SMILES string of the molecule is C[C@H](Oc1cccc(F)c1C(N)=O)C(=O)O. The molecule has 0 bridgehead atoms. The highest BCUT2D eigenvalue weighted by atomic mass is 19.1. The van der Waals surface area contributed by atoms with E-state index >= 15 is 0 Å². The van der Waals surface area contributed by atoms with Gasteiger partial charge in [-0.05, 0) is 19.1 Å². The van der Waals surface area contributed by atoms with Gasteiger partial charge in [0.05, 0.1) is 0 Å². The van der Waals surface area contributed by atoms with Gasteiger partial charge >= 0.3 is 5.97 Å². The van der Waals surface area contributed by atoms with Crippen molar-refractivity contribution in [2.45, 2.75) is 13.0 Å². The van der Waals surface area contributed by atoms with Crippen LogP contribution in [0.4, 0.5) is 4.39 Å². The number of benzene rings is 1. The molecular weight excluding hydrogens is 217 g/mol. The molecule has 1 rings (SSSR count). The molecule has 0 fully saturated rings. The maximum Gasteiger partial charge on any atom is 0.344 e. The minimum atomic E-state index is -1.22. The van der Waals surface area contributed by atoms with Gasteiger partial charge < -0.3 is 15.6 Å². The van der Waals surface area contributed by atoms with Crippen molar-refractivity contribution in [2.24, 2.45) is 5.73 Å². The lowest BCUT2D eigenvalue weighted by Gasteiger charge is -2.13. The molecule has 3 N–H and O–H groups in total. The first-order chi connectivity index (χ1) is 7.43. The number of rotatable bonds is 4. The van der Waals surface area contributed by atoms with E-state index < -0.39 is 29.4 Å². The van der Waals surface area contributed by atoms with Crippen LogP contribution in [0.5, 0.6) is 5.75 Å². The van der Waals surface area contributed by atoms with Gasteiger partial charge in [0.1, 0.15) is 17.1 Å². The molecule has 0 unspecified atom stereocenters. The second-order valence-corrected chi connectivity index (χ2v) is 3.08. The highest BCUT2D eigenvalue weighted by Crippen LogP contribution is 2.22. The van der Waals surface area contributed by atoms with Gasteiger partial charge in [0.2, 0.25) is 0 Å². The summed E-state index contributed by atoms with van der Waals surface area (Å²) >= 11 is 0. The second-order valence-electron chi connectivity index (χ2n) is 3.08. The van der Waals surface area contributed by atoms with Crippen molar-refractivity contribution in [3.63, 3.8) is 0 Å². The van der Waals surface area contributed by atoms with E-state index in [2.05, 4.69) is 0 Å². The molecule has 0 radical (unpaired) electrons. The molecule has 86 valence electrons. The van der Waals surface area contributed by atoms with E-state index in [1.807, 2.05) is 0 Å². The molecule has 1 atom stereocenters. The molecule has 0 saturated heterocycles. The Kier molecular flexibility index (Phi) is 3.44. The number of carboxylic acid groups (broad SMARTS) is 1. The summed E-state index contributed by atoms with van der Waals surface area (Å²) in [6, 6.07) is 3.62. The van der Waals surface area contributed by atoms with Crippen LogP contribution in [0, 0.1) is 5.82 Å². The smallest absolute Gasteiger partial charge is 0.344 e. The number of carbonyl (C=O) groups excluding carboxylic acids is 1. The van der Waals surface area contributed by atoms with Gasteiger partial charge in [0.25, 0.3) is 5.91 Å². The van der Waals surface area contributed by atoms with Crippen LogP contribution < -0.4 is 10.5 Å². The van der Waals surface area contributed by atoms with E-state index in [4.69, 9.17) is 15.6 Å². The lowest BCUT2D eigenvalue weighted by molar-refractivity contribution is -0.144. The fraction of sp³-hybridized carbons (Fsp3) is 0.200. The van der Waals surface area contributed by atoms with Crippen molar-refractivity contribution in [3.05, 3.63) is 29.6 Å². The Hall–Kier alpha value is -2.11. The maximum atomic E-state index is 13.2. The molecule has 1 amide bonds. The Morgan fingerprint density at radius 1 is 1.50 bits per heavy atom. The minimum Gasteiger partial charge on any atom is -0.479 e. The molecule has 1 aromatic rings. The number of halogens is 1. The maximum absolute atomic E-state index is 13.2. The van der Waals surface area contributed by atoms with E-state index in [9.17, 15) is 14.0 Å². The summed E-state index contributed by atoms with van der Waals surface area (Å²) in [7, 11) is 0. The molecule has 6 heteroatoms. The first kappa shape index (κ1) is 12.0. The average molecular weight is 227 g/mol. The minimum absolute atomic E-state index is 0.178. The normalized spacial score (nSPS) is 11.9. The molecule has 5 nitrogen and oxygen atoms in total. The number of nitrogens with two attached hydrogens (primary N) is 1. The topological polar surface area (TPSA) is 89.6 Å². The van der Waals surface area contributed by atoms with Gasteiger partial charge in [-0.1, -0.05) is 6.07 Å². The van der Waals surface area contributed by atoms with Crippen LogP contribution in [0.1, 0.15) is 17.3 Å². The zero-order chi connectivity index (χ0) is 12.3. The van der Waals surface area contributed by atoms with Crippen LogP contribution in [0.3, 0.4) is 0 Å². The molecule has 0 spiro atoms. The van der Waals surface area contributed by atoms with Gasteiger partial charge in [-0.3, -0.25) is 4.79 Å². The summed E-state index contributed by atoms with van der Waals surface area (Å²) in [5.41, 5.74) is 4.51. The van der Waals surface area contributed by atoms with Crippen LogP contribution in [-0.2, 0) is 4.79 Å². The van der Waals surface area contributed by atoms with Crippen molar-refractivity contribution < 1.29 is 23.8 Å². The van der Waals surface area contributed by atoms with Gasteiger partial charge in [0, 0.05) is 0 Å². The first-order valence-electron chi connectivity index (χ1n) is 4.41. The number of carboxylic acids is 1. The average Bonchev–Trinajstić information content (AvgIpc) is 2.16. The number of amides is 1. The zero-order valence-corrected chi connectivity index (χ0v) is 8.44. The van der Waals surface area contributed by atoms with E-state index in [-0.39, 0.29) is 5.75 Å². The van der Waals surface area contributed by atoms with Gasteiger partial charge in [-0.2, -0.15) is 0 Å². The summed E-state index contributed by atoms with van der Waals surface area (Å²) in [5, 5.41) is 8.61. The lowest BCUT2D eigenvalue weighted by Crippen LogP contribution is -2.25. The number of hydrogen-bond acceptors (Lipinski definition) is 3. The Bertz CT molecular complexity index is 433. The summed E-state index contributed by atoms with van der Waals surface area (Å²) in [4.78, 5) is 21.5. The Labute approximate surface area is 90.6 Å². The predicted octanol–water partition coefficient (Wildman–Crippen LogP) is 0.777. The number of primary amides is 1. The Balaban J connectivity index is 3.09. The van der Waals surface area contributed by atoms with Crippen molar-refractivity contribution in [2.75, 3.05) is 0 Å². The fourth-order valence-corrected chi connectivity index (χ4v) is 1.08. The monoisotopic (exact) mass is 227 g/mol. The number of hydrogen-bond donors (Lipinski definition) is 2. The van der Waals surface area contributed by atoms with Crippen LogP contribution >= 0.6 is 0 Å². The number of carbonyl (C=O) groups is 2. The molecule has 0 heterocycles. The lowest BCUT2D eigenvalue weighted by atomic mass is 10.2.